The second-order valence-electron chi connectivity index (χ2n) is 3.42. The first-order valence-electron chi connectivity index (χ1n) is 4.63. The zero-order valence-electron chi connectivity index (χ0n) is 7.50. The largest absolute Gasteiger partial charge is 0.396 e. The summed E-state index contributed by atoms with van der Waals surface area (Å²) in [6.45, 7) is 3.64. The number of rotatable bonds is 4. The molecule has 1 unspecified atom stereocenters. The first-order valence-corrected chi connectivity index (χ1v) is 4.63. The quantitative estimate of drug-likeness (QED) is 0.623. The fourth-order valence-corrected chi connectivity index (χ4v) is 1.76. The minimum Gasteiger partial charge on any atom is -0.396 e. The van der Waals surface area contributed by atoms with Crippen LogP contribution in [0.3, 0.4) is 0 Å². The number of hydrogen-bond donors (Lipinski definition) is 1. The SMILES string of the molecule is C#CCCN1CCC(CCO)C1. The van der Waals surface area contributed by atoms with Crippen molar-refractivity contribution in [2.24, 2.45) is 5.92 Å². The van der Waals surface area contributed by atoms with Gasteiger partial charge in [-0.3, -0.25) is 0 Å². The van der Waals surface area contributed by atoms with E-state index in [2.05, 4.69) is 10.8 Å². The summed E-state index contributed by atoms with van der Waals surface area (Å²) in [6.07, 6.45) is 8.21. The van der Waals surface area contributed by atoms with Crippen molar-refractivity contribution in [1.82, 2.24) is 4.90 Å². The molecule has 0 radical (unpaired) electrons. The van der Waals surface area contributed by atoms with Gasteiger partial charge in [-0.15, -0.1) is 12.3 Å². The predicted octanol–water partition coefficient (Wildman–Crippen LogP) is 0.714. The van der Waals surface area contributed by atoms with Crippen LogP contribution in [0.4, 0.5) is 0 Å². The first kappa shape index (κ1) is 9.57. The normalized spacial score (nSPS) is 24.2. The molecule has 1 saturated heterocycles. The zero-order chi connectivity index (χ0) is 8.81. The summed E-state index contributed by atoms with van der Waals surface area (Å²) in [4.78, 5) is 2.39. The second kappa shape index (κ2) is 5.18. The molecular formula is C10H17NO. The molecule has 1 atom stereocenters. The van der Waals surface area contributed by atoms with Crippen molar-refractivity contribution < 1.29 is 5.11 Å². The summed E-state index contributed by atoms with van der Waals surface area (Å²) >= 11 is 0. The Kier molecular flexibility index (Phi) is 4.13. The van der Waals surface area contributed by atoms with Gasteiger partial charge in [0.2, 0.25) is 0 Å². The molecule has 0 aliphatic carbocycles. The Morgan fingerprint density at radius 3 is 3.08 bits per heavy atom. The van der Waals surface area contributed by atoms with E-state index in [0.29, 0.717) is 12.5 Å². The van der Waals surface area contributed by atoms with Crippen LogP contribution in [0.1, 0.15) is 19.3 Å². The lowest BCUT2D eigenvalue weighted by Crippen LogP contribution is -2.21. The molecule has 1 heterocycles. The maximum atomic E-state index is 8.74. The third-order valence-corrected chi connectivity index (χ3v) is 2.48. The Labute approximate surface area is 74.6 Å². The van der Waals surface area contributed by atoms with E-state index in [1.54, 1.807) is 0 Å². The summed E-state index contributed by atoms with van der Waals surface area (Å²) in [5.41, 5.74) is 0. The molecule has 68 valence electrons. The van der Waals surface area contributed by atoms with Gasteiger partial charge in [0.05, 0.1) is 0 Å². The fraction of sp³-hybridized carbons (Fsp3) is 0.800. The van der Waals surface area contributed by atoms with Gasteiger partial charge >= 0.3 is 0 Å². The third kappa shape index (κ3) is 2.84. The van der Waals surface area contributed by atoms with Crippen LogP contribution >= 0.6 is 0 Å². The molecule has 0 aromatic heterocycles. The Morgan fingerprint density at radius 1 is 1.58 bits per heavy atom. The molecule has 1 aliphatic heterocycles. The average Bonchev–Trinajstić information content (AvgIpc) is 2.50. The van der Waals surface area contributed by atoms with Gasteiger partial charge in [0, 0.05) is 26.1 Å². The summed E-state index contributed by atoms with van der Waals surface area (Å²) in [6, 6.07) is 0. The van der Waals surface area contributed by atoms with Crippen LogP contribution in [-0.4, -0.2) is 36.2 Å². The van der Waals surface area contributed by atoms with Crippen LogP contribution in [0.2, 0.25) is 0 Å². The van der Waals surface area contributed by atoms with Gasteiger partial charge in [-0.25, -0.2) is 0 Å². The summed E-state index contributed by atoms with van der Waals surface area (Å²) in [5.74, 6) is 3.35. The predicted molar refractivity (Wildman–Crippen MR) is 49.7 cm³/mol. The summed E-state index contributed by atoms with van der Waals surface area (Å²) < 4.78 is 0. The van der Waals surface area contributed by atoms with Crippen molar-refractivity contribution in [1.29, 1.82) is 0 Å². The van der Waals surface area contributed by atoms with Gasteiger partial charge in [0.25, 0.3) is 0 Å². The van der Waals surface area contributed by atoms with Gasteiger partial charge < -0.3 is 10.0 Å². The van der Waals surface area contributed by atoms with E-state index in [-0.39, 0.29) is 0 Å². The van der Waals surface area contributed by atoms with E-state index >= 15 is 0 Å². The van der Waals surface area contributed by atoms with Crippen molar-refractivity contribution >= 4 is 0 Å². The van der Waals surface area contributed by atoms with E-state index in [9.17, 15) is 0 Å². The average molecular weight is 167 g/mol. The van der Waals surface area contributed by atoms with Crippen LogP contribution < -0.4 is 0 Å². The monoisotopic (exact) mass is 167 g/mol. The Hall–Kier alpha value is -0.520. The van der Waals surface area contributed by atoms with Gasteiger partial charge in [-0.05, 0) is 25.3 Å². The van der Waals surface area contributed by atoms with E-state index in [0.717, 1.165) is 32.5 Å². The maximum absolute atomic E-state index is 8.74. The number of hydrogen-bond acceptors (Lipinski definition) is 2. The fourth-order valence-electron chi connectivity index (χ4n) is 1.76. The molecule has 1 rings (SSSR count). The van der Waals surface area contributed by atoms with Crippen LogP contribution in [-0.2, 0) is 0 Å². The highest BCUT2D eigenvalue weighted by molar-refractivity contribution is 4.86. The number of likely N-dealkylation sites (tertiary alicyclic amines) is 1. The minimum absolute atomic E-state index is 0.327. The highest BCUT2D eigenvalue weighted by Gasteiger charge is 2.20. The molecule has 0 aromatic carbocycles. The van der Waals surface area contributed by atoms with Crippen molar-refractivity contribution in [3.05, 3.63) is 0 Å². The van der Waals surface area contributed by atoms with E-state index < -0.39 is 0 Å². The summed E-state index contributed by atoms with van der Waals surface area (Å²) in [7, 11) is 0. The Bertz CT molecular complexity index is 162. The summed E-state index contributed by atoms with van der Waals surface area (Å²) in [5, 5.41) is 8.74. The van der Waals surface area contributed by atoms with Crippen molar-refractivity contribution in [2.45, 2.75) is 19.3 Å². The number of terminal acetylenes is 1. The standard InChI is InChI=1S/C10H17NO/c1-2-3-6-11-7-4-10(9-11)5-8-12/h1,10,12H,3-9H2. The van der Waals surface area contributed by atoms with E-state index in [1.165, 1.54) is 6.42 Å². The third-order valence-electron chi connectivity index (χ3n) is 2.48. The van der Waals surface area contributed by atoms with Crippen molar-refractivity contribution in [3.63, 3.8) is 0 Å². The highest BCUT2D eigenvalue weighted by atomic mass is 16.3. The van der Waals surface area contributed by atoms with Crippen LogP contribution in [0.5, 0.6) is 0 Å². The molecule has 0 aromatic rings. The molecule has 0 saturated carbocycles. The van der Waals surface area contributed by atoms with Crippen LogP contribution in [0.25, 0.3) is 0 Å². The molecule has 0 bridgehead atoms. The smallest absolute Gasteiger partial charge is 0.0434 e. The van der Waals surface area contributed by atoms with E-state index in [4.69, 9.17) is 11.5 Å². The zero-order valence-corrected chi connectivity index (χ0v) is 7.50. The molecule has 1 aliphatic rings. The van der Waals surface area contributed by atoms with Crippen LogP contribution in [0, 0.1) is 18.3 Å². The highest BCUT2D eigenvalue weighted by Crippen LogP contribution is 2.18. The Balaban J connectivity index is 2.13. The molecule has 2 heteroatoms. The molecule has 2 nitrogen and oxygen atoms in total. The molecule has 12 heavy (non-hydrogen) atoms. The molecular weight excluding hydrogens is 150 g/mol. The topological polar surface area (TPSA) is 23.5 Å². The maximum Gasteiger partial charge on any atom is 0.0434 e. The molecule has 0 amide bonds. The van der Waals surface area contributed by atoms with Crippen molar-refractivity contribution in [2.75, 3.05) is 26.2 Å². The van der Waals surface area contributed by atoms with Crippen LogP contribution in [0.15, 0.2) is 0 Å². The van der Waals surface area contributed by atoms with Gasteiger partial charge in [0.1, 0.15) is 0 Å². The molecule has 1 N–H and O–H groups in total. The first-order chi connectivity index (χ1) is 5.86. The lowest BCUT2D eigenvalue weighted by atomic mass is 10.1. The Morgan fingerprint density at radius 2 is 2.42 bits per heavy atom. The van der Waals surface area contributed by atoms with Gasteiger partial charge in [0.15, 0.2) is 0 Å². The number of aliphatic hydroxyl groups is 1. The molecule has 1 fully saturated rings. The minimum atomic E-state index is 0.327. The lowest BCUT2D eigenvalue weighted by molar-refractivity contribution is 0.252. The second-order valence-corrected chi connectivity index (χ2v) is 3.42. The number of aliphatic hydroxyl groups excluding tert-OH is 1. The van der Waals surface area contributed by atoms with Crippen molar-refractivity contribution in [3.8, 4) is 12.3 Å². The van der Waals surface area contributed by atoms with Gasteiger partial charge in [-0.1, -0.05) is 0 Å². The molecule has 0 spiro atoms. The lowest BCUT2D eigenvalue weighted by Gasteiger charge is -2.13. The van der Waals surface area contributed by atoms with E-state index in [1.807, 2.05) is 0 Å². The van der Waals surface area contributed by atoms with Gasteiger partial charge in [-0.2, -0.15) is 0 Å². The number of nitrogens with zero attached hydrogens (tertiary/aromatic N) is 1.